The van der Waals surface area contributed by atoms with Crippen LogP contribution in [0.2, 0.25) is 0 Å². The minimum absolute atomic E-state index is 0.0467. The SMILES string of the molecule is O=C(O)C1(CNc2cc(Br)ccc2[N+](=O)[O-])CCCCC1. The van der Waals surface area contributed by atoms with E-state index >= 15 is 0 Å². The Hall–Kier alpha value is -1.63. The van der Waals surface area contributed by atoms with Crippen molar-refractivity contribution in [1.29, 1.82) is 0 Å². The highest BCUT2D eigenvalue weighted by Gasteiger charge is 2.39. The summed E-state index contributed by atoms with van der Waals surface area (Å²) >= 11 is 3.27. The molecule has 7 heteroatoms. The molecule has 1 aromatic rings. The van der Waals surface area contributed by atoms with Crippen molar-refractivity contribution < 1.29 is 14.8 Å². The van der Waals surface area contributed by atoms with Crippen molar-refractivity contribution in [2.75, 3.05) is 11.9 Å². The molecule has 21 heavy (non-hydrogen) atoms. The lowest BCUT2D eigenvalue weighted by Gasteiger charge is -2.33. The summed E-state index contributed by atoms with van der Waals surface area (Å²) < 4.78 is 0.712. The lowest BCUT2D eigenvalue weighted by atomic mass is 9.74. The van der Waals surface area contributed by atoms with Gasteiger partial charge in [0.2, 0.25) is 0 Å². The molecule has 0 saturated heterocycles. The summed E-state index contributed by atoms with van der Waals surface area (Å²) in [4.78, 5) is 22.2. The zero-order valence-electron chi connectivity index (χ0n) is 11.5. The van der Waals surface area contributed by atoms with Crippen LogP contribution >= 0.6 is 15.9 Å². The molecule has 0 amide bonds. The first-order valence-corrected chi connectivity index (χ1v) is 7.65. The first kappa shape index (κ1) is 15.8. The molecule has 1 aromatic carbocycles. The first-order chi connectivity index (χ1) is 9.94. The summed E-state index contributed by atoms with van der Waals surface area (Å²) in [5.74, 6) is -0.827. The fourth-order valence-electron chi connectivity index (χ4n) is 2.77. The van der Waals surface area contributed by atoms with E-state index < -0.39 is 16.3 Å². The number of halogens is 1. The molecule has 1 fully saturated rings. The van der Waals surface area contributed by atoms with Gasteiger partial charge in [-0.3, -0.25) is 14.9 Å². The molecule has 0 bridgehead atoms. The third-order valence-electron chi connectivity index (χ3n) is 4.04. The van der Waals surface area contributed by atoms with Crippen LogP contribution in [-0.4, -0.2) is 22.5 Å². The third kappa shape index (κ3) is 3.53. The predicted molar refractivity (Wildman–Crippen MR) is 82.4 cm³/mol. The highest BCUT2D eigenvalue weighted by molar-refractivity contribution is 9.10. The molecule has 0 radical (unpaired) electrons. The molecule has 0 unspecified atom stereocenters. The van der Waals surface area contributed by atoms with E-state index in [2.05, 4.69) is 21.2 Å². The van der Waals surface area contributed by atoms with E-state index in [1.54, 1.807) is 12.1 Å². The number of carbonyl (C=O) groups is 1. The Morgan fingerprint density at radius 1 is 1.38 bits per heavy atom. The van der Waals surface area contributed by atoms with E-state index in [1.807, 2.05) is 0 Å². The van der Waals surface area contributed by atoms with E-state index in [0.717, 1.165) is 19.3 Å². The van der Waals surface area contributed by atoms with Gasteiger partial charge < -0.3 is 10.4 Å². The van der Waals surface area contributed by atoms with Crippen molar-refractivity contribution in [2.24, 2.45) is 5.41 Å². The Kier molecular flexibility index (Phi) is 4.82. The summed E-state index contributed by atoms with van der Waals surface area (Å²) in [5.41, 5.74) is -0.524. The van der Waals surface area contributed by atoms with Gasteiger partial charge in [0.1, 0.15) is 5.69 Å². The molecule has 114 valence electrons. The number of aliphatic carboxylic acids is 1. The molecular weight excluding hydrogens is 340 g/mol. The Morgan fingerprint density at radius 3 is 2.62 bits per heavy atom. The number of nitro groups is 1. The van der Waals surface area contributed by atoms with Gasteiger partial charge in [-0.05, 0) is 25.0 Å². The summed E-state index contributed by atoms with van der Waals surface area (Å²) in [5, 5.41) is 23.5. The van der Waals surface area contributed by atoms with Gasteiger partial charge in [0.15, 0.2) is 0 Å². The first-order valence-electron chi connectivity index (χ1n) is 6.86. The number of nitrogens with one attached hydrogen (secondary N) is 1. The molecule has 0 aliphatic heterocycles. The quantitative estimate of drug-likeness (QED) is 0.618. The Labute approximate surface area is 130 Å². The van der Waals surface area contributed by atoms with Crippen LogP contribution in [0, 0.1) is 15.5 Å². The fraction of sp³-hybridized carbons (Fsp3) is 0.500. The number of carboxylic acids is 1. The van der Waals surface area contributed by atoms with Gasteiger partial charge in [-0.25, -0.2) is 0 Å². The number of carboxylic acid groups (broad SMARTS) is 1. The normalized spacial score (nSPS) is 17.2. The average Bonchev–Trinajstić information content (AvgIpc) is 2.45. The second-order valence-corrected chi connectivity index (χ2v) is 6.33. The lowest BCUT2D eigenvalue weighted by Crippen LogP contribution is -2.39. The third-order valence-corrected chi connectivity index (χ3v) is 4.53. The van der Waals surface area contributed by atoms with Crippen LogP contribution in [0.4, 0.5) is 11.4 Å². The number of nitrogens with zero attached hydrogens (tertiary/aromatic N) is 1. The minimum atomic E-state index is -0.827. The smallest absolute Gasteiger partial charge is 0.311 e. The summed E-state index contributed by atoms with van der Waals surface area (Å²) in [6.07, 6.45) is 4.03. The van der Waals surface area contributed by atoms with Crippen molar-refractivity contribution in [3.63, 3.8) is 0 Å². The zero-order valence-corrected chi connectivity index (χ0v) is 13.1. The maximum Gasteiger partial charge on any atom is 0.311 e. The fourth-order valence-corrected chi connectivity index (χ4v) is 3.13. The molecular formula is C14H17BrN2O4. The van der Waals surface area contributed by atoms with Crippen LogP contribution in [0.5, 0.6) is 0 Å². The molecule has 0 aromatic heterocycles. The predicted octanol–water partition coefficient (Wildman–Crippen LogP) is 3.80. The van der Waals surface area contributed by atoms with Crippen LogP contribution in [0.15, 0.2) is 22.7 Å². The number of hydrogen-bond donors (Lipinski definition) is 2. The van der Waals surface area contributed by atoms with Gasteiger partial charge in [0.25, 0.3) is 5.69 Å². The van der Waals surface area contributed by atoms with Gasteiger partial charge in [0, 0.05) is 17.1 Å². The van der Waals surface area contributed by atoms with E-state index in [4.69, 9.17) is 0 Å². The van der Waals surface area contributed by atoms with E-state index in [0.29, 0.717) is 23.0 Å². The van der Waals surface area contributed by atoms with Gasteiger partial charge in [-0.1, -0.05) is 35.2 Å². The molecule has 0 heterocycles. The highest BCUT2D eigenvalue weighted by Crippen LogP contribution is 2.38. The number of rotatable bonds is 5. The topological polar surface area (TPSA) is 92.5 Å². The Balaban J connectivity index is 2.19. The molecule has 2 N–H and O–H groups in total. The summed E-state index contributed by atoms with van der Waals surface area (Å²) in [6, 6.07) is 4.61. The zero-order chi connectivity index (χ0) is 15.5. The van der Waals surface area contributed by atoms with Gasteiger partial charge in [-0.15, -0.1) is 0 Å². The number of benzene rings is 1. The average molecular weight is 357 g/mol. The van der Waals surface area contributed by atoms with Crippen molar-refractivity contribution in [3.05, 3.63) is 32.8 Å². The van der Waals surface area contributed by atoms with Crippen molar-refractivity contribution >= 4 is 33.3 Å². The van der Waals surface area contributed by atoms with Crippen LogP contribution in [0.25, 0.3) is 0 Å². The van der Waals surface area contributed by atoms with Crippen LogP contribution in [0.3, 0.4) is 0 Å². The van der Waals surface area contributed by atoms with Gasteiger partial charge in [0.05, 0.1) is 10.3 Å². The molecule has 0 atom stereocenters. The summed E-state index contributed by atoms with van der Waals surface area (Å²) in [7, 11) is 0. The standard InChI is InChI=1S/C14H17BrN2O4/c15-10-4-5-12(17(20)21)11(8-10)16-9-14(13(18)19)6-2-1-3-7-14/h4-5,8,16H,1-3,6-7,9H2,(H,18,19). The maximum absolute atomic E-state index is 11.6. The lowest BCUT2D eigenvalue weighted by molar-refractivity contribution is -0.384. The number of nitro benzene ring substituents is 1. The van der Waals surface area contributed by atoms with Crippen molar-refractivity contribution in [2.45, 2.75) is 32.1 Å². The molecule has 2 rings (SSSR count). The van der Waals surface area contributed by atoms with Crippen LogP contribution < -0.4 is 5.32 Å². The molecule has 0 spiro atoms. The van der Waals surface area contributed by atoms with E-state index in [-0.39, 0.29) is 12.2 Å². The molecule has 1 saturated carbocycles. The molecule has 6 nitrogen and oxygen atoms in total. The van der Waals surface area contributed by atoms with Crippen molar-refractivity contribution in [1.82, 2.24) is 0 Å². The molecule has 1 aliphatic carbocycles. The minimum Gasteiger partial charge on any atom is -0.481 e. The highest BCUT2D eigenvalue weighted by atomic mass is 79.9. The van der Waals surface area contributed by atoms with Crippen LogP contribution in [0.1, 0.15) is 32.1 Å². The Bertz CT molecular complexity index is 556. The molecule has 1 aliphatic rings. The monoisotopic (exact) mass is 356 g/mol. The number of hydrogen-bond acceptors (Lipinski definition) is 4. The van der Waals surface area contributed by atoms with Gasteiger partial charge >= 0.3 is 5.97 Å². The Morgan fingerprint density at radius 2 is 2.05 bits per heavy atom. The van der Waals surface area contributed by atoms with E-state index in [1.165, 1.54) is 6.07 Å². The van der Waals surface area contributed by atoms with Gasteiger partial charge in [-0.2, -0.15) is 0 Å². The van der Waals surface area contributed by atoms with Crippen LogP contribution in [-0.2, 0) is 4.79 Å². The largest absolute Gasteiger partial charge is 0.481 e. The summed E-state index contributed by atoms with van der Waals surface area (Å²) in [6.45, 7) is 0.208. The second-order valence-electron chi connectivity index (χ2n) is 5.42. The maximum atomic E-state index is 11.6. The van der Waals surface area contributed by atoms with Crippen molar-refractivity contribution in [3.8, 4) is 0 Å². The number of anilines is 1. The second kappa shape index (κ2) is 6.43. The van der Waals surface area contributed by atoms with E-state index in [9.17, 15) is 20.0 Å².